The Hall–Kier alpha value is 0.0500. The maximum absolute atomic E-state index is 10.6. The number of carbonyl (C=O) groups excluding carboxylic acids is 1. The molecule has 0 aromatic rings. The zero-order valence-corrected chi connectivity index (χ0v) is 7.05. The summed E-state index contributed by atoms with van der Waals surface area (Å²) in [5, 5.41) is 0. The molecule has 0 N–H and O–H groups in total. The third-order valence-electron chi connectivity index (χ3n) is 1.16. The molecule has 9 heavy (non-hydrogen) atoms. The van der Waals surface area contributed by atoms with Crippen LogP contribution in [0.25, 0.3) is 0 Å². The quantitative estimate of drug-likeness (QED) is 0.470. The molecular formula is C6H9ClOS. The van der Waals surface area contributed by atoms with Crippen LogP contribution in [0.3, 0.4) is 0 Å². The summed E-state index contributed by atoms with van der Waals surface area (Å²) in [6, 6.07) is 0. The Morgan fingerprint density at radius 1 is 1.78 bits per heavy atom. The summed E-state index contributed by atoms with van der Waals surface area (Å²) >= 11 is 10.0. The van der Waals surface area contributed by atoms with Crippen LogP contribution < -0.4 is 0 Å². The highest BCUT2D eigenvalue weighted by Gasteiger charge is 2.07. The third kappa shape index (κ3) is 4.55. The smallest absolute Gasteiger partial charge is 0.133 e. The first-order chi connectivity index (χ1) is 4.04. The van der Waals surface area contributed by atoms with E-state index in [4.69, 9.17) is 11.6 Å². The number of rotatable bonds is 3. The molecule has 0 aromatic carbocycles. The average Bonchev–Trinajstić information content (AvgIpc) is 1.63. The van der Waals surface area contributed by atoms with Crippen molar-refractivity contribution in [3.8, 4) is 0 Å². The van der Waals surface area contributed by atoms with E-state index in [1.54, 1.807) is 6.92 Å². The van der Waals surface area contributed by atoms with Gasteiger partial charge in [0.1, 0.15) is 5.78 Å². The number of hydrogen-bond acceptors (Lipinski definition) is 2. The molecule has 1 unspecified atom stereocenters. The Bertz CT molecular complexity index is 133. The van der Waals surface area contributed by atoms with E-state index >= 15 is 0 Å². The second-order valence-electron chi connectivity index (χ2n) is 2.07. The van der Waals surface area contributed by atoms with E-state index in [9.17, 15) is 4.79 Å². The van der Waals surface area contributed by atoms with Crippen molar-refractivity contribution in [2.24, 2.45) is 5.92 Å². The zero-order chi connectivity index (χ0) is 7.44. The van der Waals surface area contributed by atoms with Crippen molar-refractivity contribution >= 4 is 33.9 Å². The molecule has 0 spiro atoms. The van der Waals surface area contributed by atoms with Gasteiger partial charge in [-0.25, -0.2) is 0 Å². The molecule has 52 valence electrons. The number of ketones is 1. The summed E-state index contributed by atoms with van der Waals surface area (Å²) in [5.41, 5.74) is 0. The van der Waals surface area contributed by atoms with E-state index in [1.165, 1.54) is 0 Å². The Labute approximate surface area is 65.4 Å². The first kappa shape index (κ1) is 9.05. The molecule has 0 fully saturated rings. The molecule has 1 nitrogen and oxygen atoms in total. The van der Waals surface area contributed by atoms with Gasteiger partial charge in [-0.2, -0.15) is 0 Å². The Balaban J connectivity index is 3.63. The van der Waals surface area contributed by atoms with Crippen molar-refractivity contribution in [1.82, 2.24) is 0 Å². The van der Waals surface area contributed by atoms with Gasteiger partial charge in [0.05, 0.1) is 4.32 Å². The number of hydrogen-bond donors (Lipinski definition) is 0. The second-order valence-corrected chi connectivity index (χ2v) is 3.24. The number of carbonyl (C=O) groups is 1. The van der Waals surface area contributed by atoms with Crippen molar-refractivity contribution in [3.63, 3.8) is 0 Å². The third-order valence-corrected chi connectivity index (χ3v) is 1.48. The topological polar surface area (TPSA) is 17.1 Å². The van der Waals surface area contributed by atoms with Crippen LogP contribution in [0.2, 0.25) is 0 Å². The highest BCUT2D eigenvalue weighted by atomic mass is 35.5. The minimum absolute atomic E-state index is 0.0185. The van der Waals surface area contributed by atoms with E-state index in [0.29, 0.717) is 10.7 Å². The van der Waals surface area contributed by atoms with Gasteiger partial charge in [0, 0.05) is 12.3 Å². The minimum atomic E-state index is -0.0185. The summed E-state index contributed by atoms with van der Waals surface area (Å²) in [6.45, 7) is 3.36. The van der Waals surface area contributed by atoms with E-state index in [1.807, 2.05) is 6.92 Å². The molecule has 3 heteroatoms. The van der Waals surface area contributed by atoms with Gasteiger partial charge in [0.15, 0.2) is 0 Å². The summed E-state index contributed by atoms with van der Waals surface area (Å²) in [4.78, 5) is 10.6. The summed E-state index contributed by atoms with van der Waals surface area (Å²) in [5.74, 6) is 0.119. The van der Waals surface area contributed by atoms with Gasteiger partial charge in [0.2, 0.25) is 0 Å². The van der Waals surface area contributed by atoms with Gasteiger partial charge >= 0.3 is 0 Å². The van der Waals surface area contributed by atoms with E-state index in [0.717, 1.165) is 0 Å². The largest absolute Gasteiger partial charge is 0.300 e. The normalized spacial score (nSPS) is 12.8. The lowest BCUT2D eigenvalue weighted by molar-refractivity contribution is -0.120. The zero-order valence-electron chi connectivity index (χ0n) is 5.48. The van der Waals surface area contributed by atoms with E-state index in [2.05, 4.69) is 12.2 Å². The number of thiocarbonyl (C=S) groups is 1. The van der Waals surface area contributed by atoms with Crippen molar-refractivity contribution in [2.45, 2.75) is 20.3 Å². The number of halogens is 1. The first-order valence-corrected chi connectivity index (χ1v) is 3.51. The van der Waals surface area contributed by atoms with Crippen LogP contribution in [-0.2, 0) is 4.79 Å². The van der Waals surface area contributed by atoms with Crippen molar-refractivity contribution < 1.29 is 4.79 Å². The van der Waals surface area contributed by atoms with E-state index in [-0.39, 0.29) is 11.7 Å². The fourth-order valence-electron chi connectivity index (χ4n) is 0.384. The molecule has 0 aliphatic rings. The van der Waals surface area contributed by atoms with Crippen LogP contribution in [0.15, 0.2) is 0 Å². The Kier molecular flexibility index (Phi) is 3.98. The molecule has 0 radical (unpaired) electrons. The molecule has 0 heterocycles. The minimum Gasteiger partial charge on any atom is -0.300 e. The van der Waals surface area contributed by atoms with Crippen molar-refractivity contribution in [2.75, 3.05) is 0 Å². The van der Waals surface area contributed by atoms with Gasteiger partial charge in [0.25, 0.3) is 0 Å². The van der Waals surface area contributed by atoms with Crippen LogP contribution in [0.1, 0.15) is 20.3 Å². The van der Waals surface area contributed by atoms with Crippen LogP contribution in [-0.4, -0.2) is 10.1 Å². The van der Waals surface area contributed by atoms with Crippen LogP contribution >= 0.6 is 23.8 Å². The van der Waals surface area contributed by atoms with Gasteiger partial charge < -0.3 is 0 Å². The lowest BCUT2D eigenvalue weighted by Crippen LogP contribution is -2.07. The monoisotopic (exact) mass is 164 g/mol. The molecule has 0 amide bonds. The predicted octanol–water partition coefficient (Wildman–Crippen LogP) is 2.17. The van der Waals surface area contributed by atoms with Crippen LogP contribution in [0.4, 0.5) is 0 Å². The van der Waals surface area contributed by atoms with Gasteiger partial charge in [-0.1, -0.05) is 30.7 Å². The van der Waals surface area contributed by atoms with E-state index < -0.39 is 0 Å². The molecule has 0 bridgehead atoms. The molecule has 0 saturated carbocycles. The maximum Gasteiger partial charge on any atom is 0.133 e. The van der Waals surface area contributed by atoms with Gasteiger partial charge in [-0.05, 0) is 6.92 Å². The molecule has 1 atom stereocenters. The average molecular weight is 165 g/mol. The standard InChI is InChI=1S/C6H9ClOS/c1-4(5(2)8)3-6(7)9/h4H,3H2,1-2H3. The Morgan fingerprint density at radius 2 is 2.22 bits per heavy atom. The molecule has 0 aliphatic heterocycles. The summed E-state index contributed by atoms with van der Waals surface area (Å²) < 4.78 is 0.387. The maximum atomic E-state index is 10.6. The SMILES string of the molecule is CC(=O)C(C)CC(=S)Cl. The van der Waals surface area contributed by atoms with Crippen LogP contribution in [0.5, 0.6) is 0 Å². The molecular weight excluding hydrogens is 156 g/mol. The number of Topliss-reactive ketones (excluding diaryl/α,β-unsaturated/α-hetero) is 1. The van der Waals surface area contributed by atoms with Gasteiger partial charge in [-0.3, -0.25) is 4.79 Å². The first-order valence-electron chi connectivity index (χ1n) is 2.73. The Morgan fingerprint density at radius 3 is 2.33 bits per heavy atom. The van der Waals surface area contributed by atoms with Crippen LogP contribution in [0, 0.1) is 5.92 Å². The predicted molar refractivity (Wildman–Crippen MR) is 42.9 cm³/mol. The van der Waals surface area contributed by atoms with Crippen molar-refractivity contribution in [1.29, 1.82) is 0 Å². The second kappa shape index (κ2) is 3.96. The summed E-state index contributed by atoms with van der Waals surface area (Å²) in [7, 11) is 0. The fourth-order valence-corrected chi connectivity index (χ4v) is 0.866. The van der Waals surface area contributed by atoms with Gasteiger partial charge in [-0.15, -0.1) is 0 Å². The molecule has 0 aliphatic carbocycles. The molecule has 0 aromatic heterocycles. The molecule has 0 saturated heterocycles. The molecule has 0 rings (SSSR count). The highest BCUT2D eigenvalue weighted by Crippen LogP contribution is 2.06. The highest BCUT2D eigenvalue weighted by molar-refractivity contribution is 7.83. The summed E-state index contributed by atoms with van der Waals surface area (Å²) in [6.07, 6.45) is 0.520. The lowest BCUT2D eigenvalue weighted by Gasteiger charge is -2.01. The fraction of sp³-hybridized carbons (Fsp3) is 0.667. The lowest BCUT2D eigenvalue weighted by atomic mass is 10.1. The van der Waals surface area contributed by atoms with Crippen molar-refractivity contribution in [3.05, 3.63) is 0 Å².